The molecule has 0 bridgehead atoms. The van der Waals surface area contributed by atoms with E-state index in [1.165, 1.54) is 24.3 Å². The second-order valence-corrected chi connectivity index (χ2v) is 11.4. The van der Waals surface area contributed by atoms with Gasteiger partial charge in [-0.15, -0.1) is 0 Å². The molecule has 0 amide bonds. The summed E-state index contributed by atoms with van der Waals surface area (Å²) in [6, 6.07) is 0. The van der Waals surface area contributed by atoms with Crippen molar-refractivity contribution in [3.05, 3.63) is 12.7 Å². The highest BCUT2D eigenvalue weighted by atomic mass is 31.3. The molecule has 2 aliphatic rings. The first kappa shape index (κ1) is 16.2. The van der Waals surface area contributed by atoms with Crippen molar-refractivity contribution < 1.29 is 22.9 Å². The molecule has 12 heteroatoms. The molecule has 2 aromatic rings. The number of nitrogens with zero attached hydrogens (tertiary/aromatic N) is 4. The first-order valence-electron chi connectivity index (χ1n) is 7.42. The maximum Gasteiger partial charge on any atom is 0.287 e. The minimum atomic E-state index is -3.42. The third-order valence-electron chi connectivity index (χ3n) is 4.56. The summed E-state index contributed by atoms with van der Waals surface area (Å²) >= 11 is 0. The summed E-state index contributed by atoms with van der Waals surface area (Å²) in [6.45, 7) is 3.82. The van der Waals surface area contributed by atoms with Gasteiger partial charge in [0.15, 0.2) is 11.5 Å². The number of hydrogen-bond donors (Lipinski definition) is 1. The topological polar surface area (TPSA) is 131 Å². The van der Waals surface area contributed by atoms with Crippen LogP contribution >= 0.6 is 14.7 Å². The molecule has 4 heterocycles. The molecule has 130 valence electrons. The van der Waals surface area contributed by atoms with Gasteiger partial charge in [-0.1, -0.05) is 0 Å². The summed E-state index contributed by atoms with van der Waals surface area (Å²) in [5, 5.41) is -2.91. The van der Waals surface area contributed by atoms with Gasteiger partial charge < -0.3 is 19.5 Å². The van der Waals surface area contributed by atoms with Gasteiger partial charge >= 0.3 is 0 Å². The molecule has 0 spiro atoms. The lowest BCUT2D eigenvalue weighted by atomic mass is 10.5. The zero-order valence-electron chi connectivity index (χ0n) is 13.4. The molecule has 2 fully saturated rings. The molecule has 4 rings (SSSR count). The molecule has 2 atom stereocenters. The molecular weight excluding hydrogens is 356 g/mol. The summed E-state index contributed by atoms with van der Waals surface area (Å²) in [7, 11) is -5.48. The Balaban J connectivity index is 1.98. The fourth-order valence-corrected chi connectivity index (χ4v) is 14.4. The maximum absolute atomic E-state index is 13.4. The van der Waals surface area contributed by atoms with E-state index >= 15 is 0 Å². The van der Waals surface area contributed by atoms with Gasteiger partial charge in [0, 0.05) is 7.11 Å². The molecule has 10 nitrogen and oxygen atoms in total. The number of imidazole rings is 1. The number of fused-ring (bicyclic) bond motifs is 2. The molecule has 2 aromatic heterocycles. The van der Waals surface area contributed by atoms with Crippen LogP contribution in [0.2, 0.25) is 0 Å². The van der Waals surface area contributed by atoms with E-state index in [0.717, 1.165) is 0 Å². The first-order chi connectivity index (χ1) is 11.4. The number of methoxy groups -OCH3 is 1. The SMILES string of the molecule is CCOP1(=O)C2(OC)C1(n1cnc3c(N)ncnc31)P2(=O)OCC. The lowest BCUT2D eigenvalue weighted by Gasteiger charge is -2.21. The molecular formula is C12H17N5O5P2. The van der Waals surface area contributed by atoms with Gasteiger partial charge in [-0.3, -0.25) is 13.7 Å². The Morgan fingerprint density at radius 2 is 1.79 bits per heavy atom. The summed E-state index contributed by atoms with van der Waals surface area (Å²) in [5.41, 5.74) is 6.46. The van der Waals surface area contributed by atoms with Crippen LogP contribution in [-0.2, 0) is 27.9 Å². The third-order valence-corrected chi connectivity index (χ3v) is 14.2. The maximum atomic E-state index is 13.4. The smallest absolute Gasteiger partial charge is 0.287 e. The van der Waals surface area contributed by atoms with Crippen molar-refractivity contribution in [2.24, 2.45) is 0 Å². The minimum absolute atomic E-state index is 0.178. The zero-order chi connectivity index (χ0) is 17.4. The van der Waals surface area contributed by atoms with Gasteiger partial charge in [-0.05, 0) is 13.8 Å². The van der Waals surface area contributed by atoms with Crippen molar-refractivity contribution >= 4 is 31.7 Å². The van der Waals surface area contributed by atoms with E-state index in [0.29, 0.717) is 11.2 Å². The first-order valence-corrected chi connectivity index (χ1v) is 10.7. The Hall–Kier alpha value is -1.31. The lowest BCUT2D eigenvalue weighted by Crippen LogP contribution is -2.10. The molecule has 2 saturated heterocycles. The van der Waals surface area contributed by atoms with Gasteiger partial charge in [-0.2, -0.15) is 0 Å². The molecule has 0 saturated carbocycles. The molecule has 2 aliphatic heterocycles. The minimum Gasteiger partial charge on any atom is -0.382 e. The van der Waals surface area contributed by atoms with Gasteiger partial charge in [0.05, 0.1) is 19.5 Å². The van der Waals surface area contributed by atoms with E-state index in [9.17, 15) is 9.13 Å². The molecule has 0 radical (unpaired) electrons. The van der Waals surface area contributed by atoms with Crippen LogP contribution in [0.4, 0.5) is 5.82 Å². The van der Waals surface area contributed by atoms with Crippen molar-refractivity contribution in [2.45, 2.75) is 24.0 Å². The zero-order valence-corrected chi connectivity index (χ0v) is 15.2. The normalized spacial score (nSPS) is 39.8. The number of aromatic nitrogens is 4. The van der Waals surface area contributed by atoms with Crippen LogP contribution in [0.15, 0.2) is 12.7 Å². The van der Waals surface area contributed by atoms with Gasteiger partial charge in [0.1, 0.15) is 11.8 Å². The van der Waals surface area contributed by atoms with Crippen LogP contribution in [0.3, 0.4) is 0 Å². The third kappa shape index (κ3) is 1.26. The van der Waals surface area contributed by atoms with Crippen LogP contribution < -0.4 is 5.73 Å². The molecule has 2 N–H and O–H groups in total. The van der Waals surface area contributed by atoms with Gasteiger partial charge in [0.25, 0.3) is 24.8 Å². The molecule has 0 aliphatic carbocycles. The summed E-state index contributed by atoms with van der Waals surface area (Å²) < 4.78 is 44.7. The average Bonchev–Trinajstić information content (AvgIpc) is 3.11. The van der Waals surface area contributed by atoms with Crippen LogP contribution in [-0.4, -0.2) is 44.9 Å². The largest absolute Gasteiger partial charge is 0.382 e. The Morgan fingerprint density at radius 1 is 1.17 bits per heavy atom. The summed E-state index contributed by atoms with van der Waals surface area (Å²) in [6.07, 6.45) is 2.66. The van der Waals surface area contributed by atoms with Crippen molar-refractivity contribution in [3.8, 4) is 0 Å². The number of anilines is 1. The monoisotopic (exact) mass is 373 g/mol. The average molecular weight is 373 g/mol. The second kappa shape index (κ2) is 4.65. The highest BCUT2D eigenvalue weighted by molar-refractivity contribution is 8.08. The van der Waals surface area contributed by atoms with Crippen molar-refractivity contribution in [1.29, 1.82) is 0 Å². The van der Waals surface area contributed by atoms with E-state index in [-0.39, 0.29) is 19.0 Å². The standard InChI is InChI=1S/C12H17N5O5P2/c1-4-21-23(18)11(12(23,20-3)24(11,19)22-5-2)17-7-16-8-9(13)14-6-15-10(8)17/h6-7H,4-5H2,1-3H3,(H2,13,14,15). The van der Waals surface area contributed by atoms with Crippen LogP contribution in [0, 0.1) is 0 Å². The van der Waals surface area contributed by atoms with Crippen molar-refractivity contribution in [1.82, 2.24) is 19.5 Å². The van der Waals surface area contributed by atoms with E-state index in [1.54, 1.807) is 13.8 Å². The van der Waals surface area contributed by atoms with Crippen LogP contribution in [0.25, 0.3) is 11.2 Å². The predicted octanol–water partition coefficient (Wildman–Crippen LogP) is 1.98. The number of hydrogen-bond acceptors (Lipinski definition) is 9. The van der Waals surface area contributed by atoms with E-state index in [1.807, 2.05) is 0 Å². The van der Waals surface area contributed by atoms with E-state index in [2.05, 4.69) is 15.0 Å². The quantitative estimate of drug-likeness (QED) is 0.755. The predicted molar refractivity (Wildman–Crippen MR) is 85.9 cm³/mol. The molecule has 0 aromatic carbocycles. The molecule has 24 heavy (non-hydrogen) atoms. The highest BCUT2D eigenvalue weighted by Gasteiger charge is 3.21. The fraction of sp³-hybridized carbons (Fsp3) is 0.583. The number of rotatable bonds is 6. The number of ether oxygens (including phenoxy) is 1. The molecule has 2 unspecified atom stereocenters. The second-order valence-electron chi connectivity index (χ2n) is 5.43. The number of nitrogens with two attached hydrogens (primary N) is 1. The number of nitrogen functional groups attached to an aromatic ring is 1. The van der Waals surface area contributed by atoms with Crippen LogP contribution in [0.1, 0.15) is 13.8 Å². The van der Waals surface area contributed by atoms with E-state index in [4.69, 9.17) is 19.5 Å². The van der Waals surface area contributed by atoms with Gasteiger partial charge in [-0.25, -0.2) is 15.0 Å². The highest BCUT2D eigenvalue weighted by Crippen LogP contribution is 3.27. The fourth-order valence-electron chi connectivity index (χ4n) is 3.69. The Labute approximate surface area is 137 Å². The van der Waals surface area contributed by atoms with Crippen molar-refractivity contribution in [2.75, 3.05) is 26.1 Å². The summed E-state index contributed by atoms with van der Waals surface area (Å²) in [4.78, 5) is 12.2. The van der Waals surface area contributed by atoms with Crippen molar-refractivity contribution in [3.63, 3.8) is 0 Å². The Bertz CT molecular complexity index is 915. The Kier molecular flexibility index (Phi) is 3.13. The van der Waals surface area contributed by atoms with Gasteiger partial charge in [0.2, 0.25) is 0 Å². The summed E-state index contributed by atoms with van der Waals surface area (Å²) in [5.74, 6) is 0.178. The van der Waals surface area contributed by atoms with E-state index < -0.39 is 24.8 Å². The lowest BCUT2D eigenvalue weighted by molar-refractivity contribution is 0.162. The Morgan fingerprint density at radius 3 is 2.33 bits per heavy atom. The van der Waals surface area contributed by atoms with Crippen LogP contribution in [0.5, 0.6) is 0 Å².